The molecule has 2 saturated heterocycles. The van der Waals surface area contributed by atoms with Gasteiger partial charge in [0, 0.05) is 57.7 Å². The van der Waals surface area contributed by atoms with Gasteiger partial charge in [-0.25, -0.2) is 9.97 Å². The maximum absolute atomic E-state index is 13.2. The van der Waals surface area contributed by atoms with E-state index in [0.717, 1.165) is 37.2 Å². The molecule has 5 rings (SSSR count). The number of piperidine rings is 1. The highest BCUT2D eigenvalue weighted by atomic mass is 16.2. The first kappa shape index (κ1) is 18.8. The monoisotopic (exact) mass is 406 g/mol. The zero-order valence-electron chi connectivity index (χ0n) is 17.2. The minimum absolute atomic E-state index is 0.00745. The van der Waals surface area contributed by atoms with E-state index < -0.39 is 0 Å². The Balaban J connectivity index is 1.33. The number of aromatic nitrogens is 2. The lowest BCUT2D eigenvalue weighted by atomic mass is 9.95. The Hall–Kier alpha value is -3.16. The van der Waals surface area contributed by atoms with Gasteiger partial charge in [-0.2, -0.15) is 0 Å². The van der Waals surface area contributed by atoms with Crippen molar-refractivity contribution in [2.24, 2.45) is 0 Å². The van der Waals surface area contributed by atoms with E-state index in [2.05, 4.69) is 19.8 Å². The van der Waals surface area contributed by atoms with Crippen LogP contribution < -0.4 is 14.7 Å². The second-order valence-corrected chi connectivity index (χ2v) is 8.13. The third-order valence-electron chi connectivity index (χ3n) is 6.41. The molecule has 3 aliphatic heterocycles. The Morgan fingerprint density at radius 3 is 2.53 bits per heavy atom. The summed E-state index contributed by atoms with van der Waals surface area (Å²) in [7, 11) is 1.82. The van der Waals surface area contributed by atoms with Gasteiger partial charge in [-0.1, -0.05) is 0 Å². The number of fused-ring (bicyclic) bond motifs is 3. The highest BCUT2D eigenvalue weighted by Gasteiger charge is 2.38. The number of hydrogen-bond donors (Lipinski definition) is 0. The number of nitrogens with zero attached hydrogens (tertiary/aromatic N) is 6. The van der Waals surface area contributed by atoms with Crippen molar-refractivity contribution in [3.05, 3.63) is 42.2 Å². The Bertz CT molecular complexity index is 957. The van der Waals surface area contributed by atoms with Crippen LogP contribution in [0.5, 0.6) is 0 Å². The van der Waals surface area contributed by atoms with E-state index in [1.807, 2.05) is 30.1 Å². The van der Waals surface area contributed by atoms with Crippen LogP contribution in [0.15, 0.2) is 36.7 Å². The van der Waals surface area contributed by atoms with Crippen molar-refractivity contribution in [3.63, 3.8) is 0 Å². The van der Waals surface area contributed by atoms with Gasteiger partial charge in [0.1, 0.15) is 6.04 Å². The van der Waals surface area contributed by atoms with Crippen molar-refractivity contribution in [2.45, 2.75) is 25.3 Å². The fraction of sp³-hybridized carbons (Fsp3) is 0.455. The number of benzene rings is 1. The average Bonchev–Trinajstić information content (AvgIpc) is 2.82. The maximum atomic E-state index is 13.2. The molecule has 2 aromatic rings. The minimum atomic E-state index is -0.0638. The van der Waals surface area contributed by atoms with Gasteiger partial charge in [0.15, 0.2) is 0 Å². The van der Waals surface area contributed by atoms with Crippen LogP contribution in [-0.4, -0.2) is 72.5 Å². The normalized spacial score (nSPS) is 21.4. The van der Waals surface area contributed by atoms with E-state index in [0.29, 0.717) is 37.7 Å². The number of carbonyl (C=O) groups is 2. The van der Waals surface area contributed by atoms with E-state index in [1.165, 1.54) is 0 Å². The fourth-order valence-electron chi connectivity index (χ4n) is 4.73. The Morgan fingerprint density at radius 1 is 1.00 bits per heavy atom. The van der Waals surface area contributed by atoms with E-state index >= 15 is 0 Å². The molecule has 4 heterocycles. The third kappa shape index (κ3) is 3.16. The summed E-state index contributed by atoms with van der Waals surface area (Å²) in [6.45, 7) is 3.55. The largest absolute Gasteiger partial charge is 0.358 e. The highest BCUT2D eigenvalue weighted by molar-refractivity contribution is 6.07. The molecule has 1 aromatic heterocycles. The van der Waals surface area contributed by atoms with Crippen molar-refractivity contribution in [2.75, 3.05) is 54.5 Å². The van der Waals surface area contributed by atoms with Crippen LogP contribution in [0, 0.1) is 0 Å². The number of amides is 2. The van der Waals surface area contributed by atoms with Crippen LogP contribution in [-0.2, 0) is 4.79 Å². The number of piperazine rings is 1. The molecule has 3 aliphatic rings. The van der Waals surface area contributed by atoms with E-state index in [1.54, 1.807) is 23.4 Å². The number of anilines is 3. The molecule has 1 aromatic carbocycles. The van der Waals surface area contributed by atoms with Crippen molar-refractivity contribution in [3.8, 4) is 0 Å². The average molecular weight is 406 g/mol. The fourth-order valence-corrected chi connectivity index (χ4v) is 4.73. The molecule has 0 aliphatic carbocycles. The van der Waals surface area contributed by atoms with Gasteiger partial charge in [0.2, 0.25) is 11.9 Å². The second kappa shape index (κ2) is 7.59. The van der Waals surface area contributed by atoms with Gasteiger partial charge in [-0.3, -0.25) is 9.59 Å². The molecular formula is C22H26N6O2. The molecule has 0 N–H and O–H groups in total. The second-order valence-electron chi connectivity index (χ2n) is 8.13. The predicted octanol–water partition coefficient (Wildman–Crippen LogP) is 1.77. The molecular weight excluding hydrogens is 380 g/mol. The smallest absolute Gasteiger partial charge is 0.254 e. The van der Waals surface area contributed by atoms with Gasteiger partial charge in [0.05, 0.1) is 11.4 Å². The standard InChI is InChI=1S/C22H26N6O2/c1-25-19-15-16(6-7-17(19)28-10-3-2-5-18(28)21(25)30)20(29)26-11-13-27(14-12-26)22-23-8-4-9-24-22/h4,6-9,15,18H,2-3,5,10-14H2,1H3/t18-/m1/s1. The topological polar surface area (TPSA) is 72.9 Å². The molecule has 0 radical (unpaired) electrons. The van der Waals surface area contributed by atoms with Crippen LogP contribution in [0.2, 0.25) is 0 Å². The molecule has 8 nitrogen and oxygen atoms in total. The summed E-state index contributed by atoms with van der Waals surface area (Å²) in [6, 6.07) is 7.53. The molecule has 0 bridgehead atoms. The highest BCUT2D eigenvalue weighted by Crippen LogP contribution is 2.39. The molecule has 156 valence electrons. The van der Waals surface area contributed by atoms with Gasteiger partial charge in [-0.15, -0.1) is 0 Å². The van der Waals surface area contributed by atoms with Crippen molar-refractivity contribution in [1.82, 2.24) is 14.9 Å². The lowest BCUT2D eigenvalue weighted by Crippen LogP contribution is -2.54. The van der Waals surface area contributed by atoms with Crippen molar-refractivity contribution >= 4 is 29.1 Å². The molecule has 8 heteroatoms. The molecule has 0 saturated carbocycles. The number of likely N-dealkylation sites (N-methyl/N-ethyl adjacent to an activating group) is 1. The third-order valence-corrected chi connectivity index (χ3v) is 6.41. The summed E-state index contributed by atoms with van der Waals surface area (Å²) >= 11 is 0. The van der Waals surface area contributed by atoms with Crippen LogP contribution in [0.25, 0.3) is 0 Å². The minimum Gasteiger partial charge on any atom is -0.358 e. The first-order valence-corrected chi connectivity index (χ1v) is 10.6. The lowest BCUT2D eigenvalue weighted by Gasteiger charge is -2.44. The number of hydrogen-bond acceptors (Lipinski definition) is 6. The van der Waals surface area contributed by atoms with Crippen LogP contribution in [0.1, 0.15) is 29.6 Å². The zero-order valence-corrected chi connectivity index (χ0v) is 17.2. The summed E-state index contributed by atoms with van der Waals surface area (Å²) < 4.78 is 0. The molecule has 1 atom stereocenters. The Labute approximate surface area is 176 Å². The molecule has 0 unspecified atom stereocenters. The van der Waals surface area contributed by atoms with E-state index in [-0.39, 0.29) is 17.9 Å². The lowest BCUT2D eigenvalue weighted by molar-refractivity contribution is -0.120. The zero-order chi connectivity index (χ0) is 20.7. The summed E-state index contributed by atoms with van der Waals surface area (Å²) in [5.41, 5.74) is 2.53. The van der Waals surface area contributed by atoms with Crippen LogP contribution >= 0.6 is 0 Å². The van der Waals surface area contributed by atoms with Crippen molar-refractivity contribution in [1.29, 1.82) is 0 Å². The van der Waals surface area contributed by atoms with Crippen molar-refractivity contribution < 1.29 is 9.59 Å². The van der Waals surface area contributed by atoms with Crippen LogP contribution in [0.4, 0.5) is 17.3 Å². The maximum Gasteiger partial charge on any atom is 0.254 e. The summed E-state index contributed by atoms with van der Waals surface area (Å²) in [5.74, 6) is 0.839. The summed E-state index contributed by atoms with van der Waals surface area (Å²) in [6.07, 6.45) is 6.56. The predicted molar refractivity (Wildman–Crippen MR) is 115 cm³/mol. The molecule has 0 spiro atoms. The van der Waals surface area contributed by atoms with E-state index in [4.69, 9.17) is 0 Å². The molecule has 2 fully saturated rings. The van der Waals surface area contributed by atoms with Gasteiger partial charge < -0.3 is 19.6 Å². The summed E-state index contributed by atoms with van der Waals surface area (Å²) in [5, 5.41) is 0. The Morgan fingerprint density at radius 2 is 1.77 bits per heavy atom. The van der Waals surface area contributed by atoms with Crippen LogP contribution in [0.3, 0.4) is 0 Å². The first-order valence-electron chi connectivity index (χ1n) is 10.6. The SMILES string of the molecule is CN1C(=O)[C@H]2CCCCN2c2ccc(C(=O)N3CCN(c4ncccn4)CC3)cc21. The van der Waals surface area contributed by atoms with Gasteiger partial charge >= 0.3 is 0 Å². The number of carbonyl (C=O) groups excluding carboxylic acids is 2. The summed E-state index contributed by atoms with van der Waals surface area (Å²) in [4.78, 5) is 42.5. The van der Waals surface area contributed by atoms with E-state index in [9.17, 15) is 9.59 Å². The quantitative estimate of drug-likeness (QED) is 0.757. The first-order chi connectivity index (χ1) is 14.6. The molecule has 30 heavy (non-hydrogen) atoms. The van der Waals surface area contributed by atoms with Gasteiger partial charge in [0.25, 0.3) is 5.91 Å². The van der Waals surface area contributed by atoms with Gasteiger partial charge in [-0.05, 0) is 43.5 Å². The molecule has 2 amide bonds. The Kier molecular flexibility index (Phi) is 4.77. The number of rotatable bonds is 2.